The van der Waals surface area contributed by atoms with Gasteiger partial charge in [0.15, 0.2) is 5.76 Å². The van der Waals surface area contributed by atoms with Crippen molar-refractivity contribution in [1.82, 2.24) is 5.32 Å². The van der Waals surface area contributed by atoms with Crippen LogP contribution in [0.3, 0.4) is 0 Å². The summed E-state index contributed by atoms with van der Waals surface area (Å²) in [7, 11) is 0. The number of hydrogen-bond donors (Lipinski definition) is 1. The number of benzene rings is 1. The van der Waals surface area contributed by atoms with E-state index in [0.29, 0.717) is 11.0 Å². The second-order valence-electron chi connectivity index (χ2n) is 6.62. The zero-order valence-electron chi connectivity index (χ0n) is 14.5. The molecule has 5 heteroatoms. The molecule has 0 unspecified atom stereocenters. The summed E-state index contributed by atoms with van der Waals surface area (Å²) in [4.78, 5) is 1.03. The molecule has 1 aromatic carbocycles. The molecule has 0 radical (unpaired) electrons. The third-order valence-electron chi connectivity index (χ3n) is 4.84. The molecule has 1 aliphatic carbocycles. The first-order chi connectivity index (χ1) is 12.8. The standard InChI is InChI=1S/C21H22FNO2S/c22-17-6-7-20(18(12-17)15-8-10-23-11-9-15)26-21-14-24-13-19(25-21)16-4-2-1-3-5-16/h1-2,4,6-7,12-15,23H,3,5,8-11H2. The lowest BCUT2D eigenvalue weighted by molar-refractivity contribution is 0.253. The van der Waals surface area contributed by atoms with Crippen LogP contribution in [0.1, 0.15) is 37.2 Å². The molecule has 0 saturated carbocycles. The first-order valence-corrected chi connectivity index (χ1v) is 9.89. The largest absolute Gasteiger partial charge is 0.464 e. The molecule has 1 aromatic rings. The number of piperidine rings is 1. The minimum Gasteiger partial charge on any atom is -0.464 e. The molecule has 1 fully saturated rings. The summed E-state index contributed by atoms with van der Waals surface area (Å²) < 4.78 is 25.4. The predicted molar refractivity (Wildman–Crippen MR) is 102 cm³/mol. The first-order valence-electron chi connectivity index (χ1n) is 9.07. The molecule has 0 bridgehead atoms. The van der Waals surface area contributed by atoms with Crippen molar-refractivity contribution in [2.45, 2.75) is 36.5 Å². The molecule has 3 aliphatic rings. The van der Waals surface area contributed by atoms with Gasteiger partial charge in [-0.05, 0) is 85.8 Å². The number of halogens is 1. The molecule has 2 heterocycles. The third kappa shape index (κ3) is 4.05. The molecular weight excluding hydrogens is 349 g/mol. The number of thioether (sulfide) groups is 1. The van der Waals surface area contributed by atoms with E-state index >= 15 is 0 Å². The van der Waals surface area contributed by atoms with Crippen molar-refractivity contribution >= 4 is 11.8 Å². The van der Waals surface area contributed by atoms with Crippen molar-refractivity contribution in [3.8, 4) is 0 Å². The number of nitrogens with one attached hydrogen (secondary N) is 1. The zero-order valence-corrected chi connectivity index (χ0v) is 15.4. The maximum absolute atomic E-state index is 13.9. The van der Waals surface area contributed by atoms with Gasteiger partial charge in [0.1, 0.15) is 18.3 Å². The van der Waals surface area contributed by atoms with E-state index in [9.17, 15) is 4.39 Å². The van der Waals surface area contributed by atoms with Gasteiger partial charge in [0.2, 0.25) is 5.09 Å². The molecule has 136 valence electrons. The second-order valence-corrected chi connectivity index (χ2v) is 7.67. The van der Waals surface area contributed by atoms with Gasteiger partial charge in [-0.1, -0.05) is 18.2 Å². The molecule has 0 atom stereocenters. The molecule has 3 nitrogen and oxygen atoms in total. The molecule has 0 amide bonds. The van der Waals surface area contributed by atoms with Crippen LogP contribution in [-0.4, -0.2) is 13.1 Å². The average molecular weight is 371 g/mol. The van der Waals surface area contributed by atoms with Crippen LogP contribution in [0, 0.1) is 5.82 Å². The van der Waals surface area contributed by atoms with Gasteiger partial charge in [-0.25, -0.2) is 4.39 Å². The van der Waals surface area contributed by atoms with Gasteiger partial charge in [-0.3, -0.25) is 0 Å². The van der Waals surface area contributed by atoms with E-state index in [0.717, 1.165) is 60.6 Å². The molecule has 2 aliphatic heterocycles. The Hall–Kier alpha value is -1.98. The van der Waals surface area contributed by atoms with Crippen LogP contribution in [0.2, 0.25) is 0 Å². The van der Waals surface area contributed by atoms with Crippen LogP contribution in [0.4, 0.5) is 4.39 Å². The number of allylic oxidation sites excluding steroid dienone is 4. The van der Waals surface area contributed by atoms with Crippen LogP contribution in [0.5, 0.6) is 0 Å². The summed E-state index contributed by atoms with van der Waals surface area (Å²) in [6.07, 6.45) is 13.5. The minimum absolute atomic E-state index is 0.183. The summed E-state index contributed by atoms with van der Waals surface area (Å²) in [6.45, 7) is 1.95. The highest BCUT2D eigenvalue weighted by Crippen LogP contribution is 2.40. The van der Waals surface area contributed by atoms with Gasteiger partial charge in [0, 0.05) is 4.90 Å². The Morgan fingerprint density at radius 2 is 2.04 bits per heavy atom. The third-order valence-corrected chi connectivity index (χ3v) is 5.81. The summed E-state index contributed by atoms with van der Waals surface area (Å²) in [5.74, 6) is 0.947. The molecular formula is C21H22FNO2S. The maximum atomic E-state index is 13.9. The molecule has 1 saturated heterocycles. The Morgan fingerprint density at radius 3 is 2.85 bits per heavy atom. The van der Waals surface area contributed by atoms with Crippen molar-refractivity contribution in [1.29, 1.82) is 0 Å². The van der Waals surface area contributed by atoms with Crippen LogP contribution in [0.15, 0.2) is 70.3 Å². The van der Waals surface area contributed by atoms with E-state index in [4.69, 9.17) is 9.47 Å². The van der Waals surface area contributed by atoms with Crippen molar-refractivity contribution in [3.63, 3.8) is 0 Å². The summed E-state index contributed by atoms with van der Waals surface area (Å²) in [6, 6.07) is 5.04. The van der Waals surface area contributed by atoms with E-state index < -0.39 is 0 Å². The van der Waals surface area contributed by atoms with Crippen LogP contribution in [0.25, 0.3) is 0 Å². The maximum Gasteiger partial charge on any atom is 0.200 e. The summed E-state index contributed by atoms with van der Waals surface area (Å²) >= 11 is 1.50. The smallest absolute Gasteiger partial charge is 0.200 e. The first kappa shape index (κ1) is 17.4. The van der Waals surface area contributed by atoms with E-state index in [1.165, 1.54) is 17.8 Å². The van der Waals surface area contributed by atoms with Gasteiger partial charge in [-0.2, -0.15) is 0 Å². The van der Waals surface area contributed by atoms with Crippen molar-refractivity contribution in [2.75, 3.05) is 13.1 Å². The Morgan fingerprint density at radius 1 is 1.15 bits per heavy atom. The molecule has 0 spiro atoms. The lowest BCUT2D eigenvalue weighted by atomic mass is 9.90. The van der Waals surface area contributed by atoms with E-state index in [2.05, 4.69) is 17.5 Å². The average Bonchev–Trinajstić information content (AvgIpc) is 2.71. The Bertz CT molecular complexity index is 791. The van der Waals surface area contributed by atoms with Crippen molar-refractivity contribution < 1.29 is 13.9 Å². The lowest BCUT2D eigenvalue weighted by Crippen LogP contribution is -2.26. The van der Waals surface area contributed by atoms with Gasteiger partial charge >= 0.3 is 0 Å². The fraction of sp³-hybridized carbons (Fsp3) is 0.333. The summed E-state index contributed by atoms with van der Waals surface area (Å²) in [5, 5.41) is 4.05. The van der Waals surface area contributed by atoms with Gasteiger partial charge in [-0.15, -0.1) is 0 Å². The number of ether oxygens (including phenoxy) is 2. The van der Waals surface area contributed by atoms with E-state index in [1.807, 2.05) is 12.1 Å². The van der Waals surface area contributed by atoms with Gasteiger partial charge < -0.3 is 14.8 Å². The number of hydrogen-bond acceptors (Lipinski definition) is 4. The van der Waals surface area contributed by atoms with Gasteiger partial charge in [0.05, 0.1) is 0 Å². The van der Waals surface area contributed by atoms with Crippen LogP contribution < -0.4 is 5.32 Å². The minimum atomic E-state index is -0.183. The quantitative estimate of drug-likeness (QED) is 0.773. The second kappa shape index (κ2) is 8.14. The molecule has 26 heavy (non-hydrogen) atoms. The van der Waals surface area contributed by atoms with Crippen LogP contribution in [-0.2, 0) is 9.47 Å². The fourth-order valence-electron chi connectivity index (χ4n) is 3.47. The highest BCUT2D eigenvalue weighted by molar-refractivity contribution is 8.03. The lowest BCUT2D eigenvalue weighted by Gasteiger charge is -2.25. The highest BCUT2D eigenvalue weighted by atomic mass is 32.2. The highest BCUT2D eigenvalue weighted by Gasteiger charge is 2.22. The molecule has 4 rings (SSSR count). The normalized spacial score (nSPS) is 20.6. The van der Waals surface area contributed by atoms with Crippen LogP contribution >= 0.6 is 11.8 Å². The topological polar surface area (TPSA) is 30.5 Å². The zero-order chi connectivity index (χ0) is 17.8. The summed E-state index contributed by atoms with van der Waals surface area (Å²) in [5.41, 5.74) is 2.20. The van der Waals surface area contributed by atoms with Crippen molar-refractivity contribution in [3.05, 3.63) is 76.8 Å². The van der Waals surface area contributed by atoms with Gasteiger partial charge in [0.25, 0.3) is 0 Å². The van der Waals surface area contributed by atoms with E-state index in [1.54, 1.807) is 18.6 Å². The monoisotopic (exact) mass is 371 g/mol. The Balaban J connectivity index is 1.51. The Kier molecular flexibility index (Phi) is 5.46. The SMILES string of the molecule is Fc1ccc(SC2=COC=C(C3=CC=CCC3)O2)c(C2CCNCC2)c1. The van der Waals surface area contributed by atoms with Crippen molar-refractivity contribution in [2.24, 2.45) is 0 Å². The Labute approximate surface area is 157 Å². The molecule has 0 aromatic heterocycles. The fourth-order valence-corrected chi connectivity index (χ4v) is 4.41. The van der Waals surface area contributed by atoms with E-state index in [-0.39, 0.29) is 5.82 Å². The number of rotatable bonds is 4. The molecule has 1 N–H and O–H groups in total. The predicted octanol–water partition coefficient (Wildman–Crippen LogP) is 5.35.